The zero-order valence-electron chi connectivity index (χ0n) is 19.2. The molecule has 0 spiro atoms. The molecule has 6 nitrogen and oxygen atoms in total. The van der Waals surface area contributed by atoms with Gasteiger partial charge in [0.2, 0.25) is 6.10 Å². The van der Waals surface area contributed by atoms with Gasteiger partial charge in [0.1, 0.15) is 23.7 Å². The molecule has 3 rings (SSSR count). The van der Waals surface area contributed by atoms with Gasteiger partial charge in [-0.2, -0.15) is 5.26 Å². The monoisotopic (exact) mass is 434 g/mol. The van der Waals surface area contributed by atoms with Gasteiger partial charge in [-0.15, -0.1) is 0 Å². The number of hydrogen-bond donors (Lipinski definition) is 0. The van der Waals surface area contributed by atoms with Crippen LogP contribution in [0.5, 0.6) is 11.5 Å². The third-order valence-electron chi connectivity index (χ3n) is 5.73. The second kappa shape index (κ2) is 9.86. The maximum atomic E-state index is 12.9. The van der Waals surface area contributed by atoms with Crippen LogP contribution in [0.1, 0.15) is 52.7 Å². The van der Waals surface area contributed by atoms with Crippen LogP contribution in [-0.4, -0.2) is 17.8 Å². The third kappa shape index (κ3) is 5.67. The first kappa shape index (κ1) is 23.3. The number of oxime groups is 1. The quantitative estimate of drug-likeness (QED) is 0.273. The van der Waals surface area contributed by atoms with Gasteiger partial charge in [-0.3, -0.25) is 4.79 Å². The second-order valence-electron chi connectivity index (χ2n) is 9.02. The molecule has 168 valence electrons. The van der Waals surface area contributed by atoms with Crippen molar-refractivity contribution < 1.29 is 19.1 Å². The van der Waals surface area contributed by atoms with Gasteiger partial charge in [-0.25, -0.2) is 0 Å². The van der Waals surface area contributed by atoms with Gasteiger partial charge in [-0.05, 0) is 62.8 Å². The van der Waals surface area contributed by atoms with Crippen LogP contribution < -0.4 is 4.74 Å². The van der Waals surface area contributed by atoms with Crippen molar-refractivity contribution in [2.24, 2.45) is 22.4 Å². The number of carbonyl (C=O) groups excluding carboxylic acids is 1. The molecule has 1 saturated carbocycles. The Hall–Kier alpha value is -3.33. The van der Waals surface area contributed by atoms with Gasteiger partial charge >= 0.3 is 5.97 Å². The third-order valence-corrected chi connectivity index (χ3v) is 5.73. The van der Waals surface area contributed by atoms with Gasteiger partial charge in [0, 0.05) is 5.56 Å². The molecule has 0 aliphatic heterocycles. The van der Waals surface area contributed by atoms with E-state index in [9.17, 15) is 10.1 Å². The summed E-state index contributed by atoms with van der Waals surface area (Å²) in [6.45, 7) is 9.81. The van der Waals surface area contributed by atoms with Crippen LogP contribution in [0.3, 0.4) is 0 Å². The summed E-state index contributed by atoms with van der Waals surface area (Å²) in [4.78, 5) is 18.2. The Morgan fingerprint density at radius 1 is 1.12 bits per heavy atom. The number of nitriles is 1. The minimum absolute atomic E-state index is 0.0101. The highest BCUT2D eigenvalue weighted by Crippen LogP contribution is 2.60. The Morgan fingerprint density at radius 3 is 2.47 bits per heavy atom. The van der Waals surface area contributed by atoms with E-state index in [1.165, 1.54) is 0 Å². The largest absolute Gasteiger partial charge is 0.457 e. The van der Waals surface area contributed by atoms with Crippen molar-refractivity contribution in [2.75, 3.05) is 0 Å². The minimum atomic E-state index is -1.00. The molecule has 1 aliphatic carbocycles. The minimum Gasteiger partial charge on any atom is -0.457 e. The molecule has 0 amide bonds. The lowest BCUT2D eigenvalue weighted by molar-refractivity contribution is -0.149. The van der Waals surface area contributed by atoms with Crippen LogP contribution in [0.25, 0.3) is 0 Å². The van der Waals surface area contributed by atoms with Crippen LogP contribution in [0.15, 0.2) is 59.8 Å². The van der Waals surface area contributed by atoms with Crippen LogP contribution in [0.2, 0.25) is 0 Å². The number of nitrogens with zero attached hydrogens (tertiary/aromatic N) is 2. The van der Waals surface area contributed by atoms with Crippen LogP contribution >= 0.6 is 0 Å². The van der Waals surface area contributed by atoms with E-state index >= 15 is 0 Å². The number of para-hydroxylation sites is 1. The number of rotatable bonds is 9. The smallest absolute Gasteiger partial charge is 0.311 e. The molecule has 1 fully saturated rings. The van der Waals surface area contributed by atoms with Crippen molar-refractivity contribution in [2.45, 2.75) is 53.2 Å². The van der Waals surface area contributed by atoms with E-state index < -0.39 is 6.10 Å². The first-order valence-electron chi connectivity index (χ1n) is 10.8. The number of benzene rings is 2. The molecule has 0 bridgehead atoms. The lowest BCUT2D eigenvalue weighted by Crippen LogP contribution is -2.15. The average molecular weight is 435 g/mol. The van der Waals surface area contributed by atoms with Crippen molar-refractivity contribution in [1.29, 1.82) is 5.26 Å². The summed E-state index contributed by atoms with van der Waals surface area (Å²) in [5, 5.41) is 13.8. The summed E-state index contributed by atoms with van der Waals surface area (Å²) in [5.41, 5.74) is 1.20. The molecule has 0 radical (unpaired) electrons. The summed E-state index contributed by atoms with van der Waals surface area (Å²) in [7, 11) is 0. The summed E-state index contributed by atoms with van der Waals surface area (Å²) in [6.07, 6.45) is -0.342. The number of esters is 1. The van der Waals surface area contributed by atoms with Crippen molar-refractivity contribution in [3.05, 3.63) is 60.2 Å². The number of ether oxygens (including phenoxy) is 2. The van der Waals surface area contributed by atoms with Gasteiger partial charge in [0.15, 0.2) is 0 Å². The summed E-state index contributed by atoms with van der Waals surface area (Å²) < 4.78 is 11.5. The lowest BCUT2D eigenvalue weighted by atomic mass is 10.1. The van der Waals surface area contributed by atoms with E-state index in [0.717, 1.165) is 5.71 Å². The molecular weight excluding hydrogens is 404 g/mol. The van der Waals surface area contributed by atoms with E-state index in [1.807, 2.05) is 65.0 Å². The molecule has 2 aromatic rings. The van der Waals surface area contributed by atoms with E-state index in [1.54, 1.807) is 24.3 Å². The molecule has 0 aromatic heterocycles. The number of carbonyl (C=O) groups is 1. The zero-order chi connectivity index (χ0) is 23.3. The van der Waals surface area contributed by atoms with Crippen LogP contribution in [0.4, 0.5) is 0 Å². The average Bonchev–Trinajstić information content (AvgIpc) is 3.30. The first-order chi connectivity index (χ1) is 15.2. The molecular formula is C26H30N2O4. The fourth-order valence-corrected chi connectivity index (χ4v) is 3.87. The summed E-state index contributed by atoms with van der Waals surface area (Å²) in [5.74, 6) is 0.717. The molecule has 6 heteroatoms. The Bertz CT molecular complexity index is 1010. The fraction of sp³-hybridized carbons (Fsp3) is 0.423. The maximum Gasteiger partial charge on any atom is 0.311 e. The lowest BCUT2D eigenvalue weighted by Gasteiger charge is -2.13. The van der Waals surface area contributed by atoms with Gasteiger partial charge in [0.05, 0.1) is 11.6 Å². The van der Waals surface area contributed by atoms with E-state index in [2.05, 4.69) is 11.2 Å². The molecule has 0 N–H and O–H groups in total. The SMILES string of the molecule is CC(C[C@H]1[C@@H](C(=O)OC(C#N)c2cccc(Oc3ccccc3)c2)C1(C)C)=NOC(C)C. The van der Waals surface area contributed by atoms with Gasteiger partial charge < -0.3 is 14.3 Å². The van der Waals surface area contributed by atoms with Crippen molar-refractivity contribution in [3.8, 4) is 17.6 Å². The fourth-order valence-electron chi connectivity index (χ4n) is 3.87. The standard InChI is InChI=1S/C26H30N2O4/c1-17(2)32-28-18(3)14-22-24(26(22,4)5)25(29)31-23(16-27)19-10-9-13-21(15-19)30-20-11-7-6-8-12-20/h6-13,15,17,22-24H,14H2,1-5H3/t22-,23?,24-/m0/s1. The zero-order valence-corrected chi connectivity index (χ0v) is 19.2. The molecule has 2 aromatic carbocycles. The van der Waals surface area contributed by atoms with Crippen molar-refractivity contribution in [3.63, 3.8) is 0 Å². The maximum absolute atomic E-state index is 12.9. The molecule has 32 heavy (non-hydrogen) atoms. The Kier molecular flexibility index (Phi) is 7.19. The summed E-state index contributed by atoms with van der Waals surface area (Å²) >= 11 is 0. The van der Waals surface area contributed by atoms with Crippen LogP contribution in [0, 0.1) is 28.6 Å². The topological polar surface area (TPSA) is 80.9 Å². The normalized spacial score (nSPS) is 20.2. The molecule has 0 heterocycles. The van der Waals surface area contributed by atoms with Crippen molar-refractivity contribution in [1.82, 2.24) is 0 Å². The van der Waals surface area contributed by atoms with Crippen molar-refractivity contribution >= 4 is 11.7 Å². The molecule has 0 saturated heterocycles. The second-order valence-corrected chi connectivity index (χ2v) is 9.02. The Balaban J connectivity index is 1.65. The highest BCUT2D eigenvalue weighted by Gasteiger charge is 2.62. The molecule has 1 unspecified atom stereocenters. The highest BCUT2D eigenvalue weighted by atomic mass is 16.6. The van der Waals surface area contributed by atoms with E-state index in [0.29, 0.717) is 23.5 Å². The molecule has 3 atom stereocenters. The summed E-state index contributed by atoms with van der Waals surface area (Å²) in [6, 6.07) is 18.5. The van der Waals surface area contributed by atoms with Gasteiger partial charge in [-0.1, -0.05) is 49.3 Å². The van der Waals surface area contributed by atoms with E-state index in [4.69, 9.17) is 14.3 Å². The number of hydrogen-bond acceptors (Lipinski definition) is 6. The molecule has 1 aliphatic rings. The first-order valence-corrected chi connectivity index (χ1v) is 10.8. The van der Waals surface area contributed by atoms with Crippen LogP contribution in [-0.2, 0) is 14.4 Å². The Labute approximate surface area is 189 Å². The highest BCUT2D eigenvalue weighted by molar-refractivity contribution is 5.85. The Morgan fingerprint density at radius 2 is 1.81 bits per heavy atom. The predicted octanol–water partition coefficient (Wildman–Crippen LogP) is 6.05. The van der Waals surface area contributed by atoms with Gasteiger partial charge in [0.25, 0.3) is 0 Å². The predicted molar refractivity (Wildman–Crippen MR) is 122 cm³/mol. The van der Waals surface area contributed by atoms with E-state index in [-0.39, 0.29) is 29.3 Å².